The highest BCUT2D eigenvalue weighted by molar-refractivity contribution is 5.96. The summed E-state index contributed by atoms with van der Waals surface area (Å²) in [4.78, 5) is 29.6. The van der Waals surface area contributed by atoms with Crippen molar-refractivity contribution in [1.82, 2.24) is 25.2 Å². The molecule has 0 bridgehead atoms. The van der Waals surface area contributed by atoms with Crippen molar-refractivity contribution in [1.29, 1.82) is 0 Å². The number of carbonyl (C=O) groups excluding carboxylic acids is 2. The van der Waals surface area contributed by atoms with E-state index in [0.717, 1.165) is 0 Å². The van der Waals surface area contributed by atoms with E-state index >= 15 is 0 Å². The minimum atomic E-state index is -0.783. The van der Waals surface area contributed by atoms with Crippen LogP contribution in [0.3, 0.4) is 0 Å². The van der Waals surface area contributed by atoms with Crippen molar-refractivity contribution in [2.45, 2.75) is 25.9 Å². The van der Waals surface area contributed by atoms with Crippen molar-refractivity contribution in [2.75, 3.05) is 19.0 Å². The second-order valence-corrected chi connectivity index (χ2v) is 10.7. The van der Waals surface area contributed by atoms with Crippen LogP contribution in [0.5, 0.6) is 5.75 Å². The molecule has 0 spiro atoms. The number of nitrogens with zero attached hydrogens (tertiary/aromatic N) is 3. The zero-order valence-electron chi connectivity index (χ0n) is 24.2. The van der Waals surface area contributed by atoms with Gasteiger partial charge in [0.1, 0.15) is 17.4 Å². The monoisotopic (exact) mass is 600 g/mol. The number of hydrogen-bond acceptors (Lipinski definition) is 7. The summed E-state index contributed by atoms with van der Waals surface area (Å²) >= 11 is 0. The van der Waals surface area contributed by atoms with Gasteiger partial charge in [-0.15, -0.1) is 5.10 Å². The van der Waals surface area contributed by atoms with Crippen molar-refractivity contribution < 1.29 is 28.2 Å². The van der Waals surface area contributed by atoms with Gasteiger partial charge >= 0.3 is 0 Å². The van der Waals surface area contributed by atoms with Crippen molar-refractivity contribution >= 4 is 29.1 Å². The van der Waals surface area contributed by atoms with Gasteiger partial charge in [-0.1, -0.05) is 18.2 Å². The van der Waals surface area contributed by atoms with Crippen molar-refractivity contribution in [3.05, 3.63) is 107 Å². The van der Waals surface area contributed by atoms with Crippen LogP contribution in [-0.4, -0.2) is 50.8 Å². The molecule has 4 N–H and O–H groups in total. The fraction of sp³-hybridized carbons (Fsp3) is 0.188. The van der Waals surface area contributed by atoms with Crippen LogP contribution in [0.2, 0.25) is 0 Å². The Morgan fingerprint density at radius 3 is 2.41 bits per heavy atom. The average molecular weight is 601 g/mol. The van der Waals surface area contributed by atoms with Gasteiger partial charge in [-0.3, -0.25) is 9.59 Å². The molecule has 0 fully saturated rings. The number of methoxy groups -OCH3 is 1. The Morgan fingerprint density at radius 2 is 1.70 bits per heavy atom. The van der Waals surface area contributed by atoms with Crippen LogP contribution in [-0.2, 0) is 6.54 Å². The molecule has 0 aliphatic heterocycles. The Bertz CT molecular complexity index is 1840. The number of aliphatic hydroxyl groups is 1. The van der Waals surface area contributed by atoms with Crippen molar-refractivity contribution in [2.24, 2.45) is 0 Å². The van der Waals surface area contributed by atoms with Gasteiger partial charge in [0.15, 0.2) is 5.65 Å². The lowest BCUT2D eigenvalue weighted by Gasteiger charge is -2.23. The Hall–Kier alpha value is -5.36. The fourth-order valence-corrected chi connectivity index (χ4v) is 4.34. The first-order valence-corrected chi connectivity index (χ1v) is 13.6. The maximum absolute atomic E-state index is 15.0. The third kappa shape index (κ3) is 6.81. The summed E-state index contributed by atoms with van der Waals surface area (Å²) in [5, 5.41) is 22.4. The maximum Gasteiger partial charge on any atom is 0.254 e. The molecule has 2 amide bonds. The molecule has 12 heteroatoms. The number of aromatic nitrogens is 3. The van der Waals surface area contributed by atoms with E-state index in [4.69, 9.17) is 4.74 Å². The quantitative estimate of drug-likeness (QED) is 0.180. The normalized spacial score (nSPS) is 11.3. The molecule has 0 saturated carbocycles. The third-order valence-corrected chi connectivity index (χ3v) is 6.80. The standard InChI is InChI=1S/C32H30F2N6O4/c1-32(2,18-41)38-29(42)21-7-12-26(27(15-21)44-3)36-31-37-28-13-8-22(17-40(28)39-31)20-6-11-24(25(34)14-20)30(43)35-16-19-4-9-23(33)10-5-19/h4-15,17,41H,16,18H2,1-3H3,(H,35,43)(H,36,39)(H,38,42). The first kappa shape index (κ1) is 30.1. The molecule has 0 radical (unpaired) electrons. The molecule has 5 aromatic rings. The number of nitrogens with one attached hydrogen (secondary N) is 3. The number of pyridine rings is 1. The lowest BCUT2D eigenvalue weighted by Crippen LogP contribution is -2.46. The van der Waals surface area contributed by atoms with Crippen LogP contribution in [0, 0.1) is 11.6 Å². The molecular weight excluding hydrogens is 570 g/mol. The molecule has 226 valence electrons. The lowest BCUT2D eigenvalue weighted by molar-refractivity contribution is 0.0868. The van der Waals surface area contributed by atoms with Gasteiger partial charge in [-0.25, -0.2) is 13.3 Å². The summed E-state index contributed by atoms with van der Waals surface area (Å²) in [5.41, 5.74) is 2.37. The molecule has 2 aromatic heterocycles. The molecule has 5 rings (SSSR count). The first-order valence-electron chi connectivity index (χ1n) is 13.6. The molecule has 10 nitrogen and oxygen atoms in total. The number of anilines is 2. The van der Waals surface area contributed by atoms with E-state index in [1.807, 2.05) is 0 Å². The third-order valence-electron chi connectivity index (χ3n) is 6.80. The zero-order chi connectivity index (χ0) is 31.4. The van der Waals surface area contributed by atoms with E-state index in [9.17, 15) is 23.5 Å². The largest absolute Gasteiger partial charge is 0.495 e. The van der Waals surface area contributed by atoms with Crippen LogP contribution in [0.25, 0.3) is 16.8 Å². The van der Waals surface area contributed by atoms with Gasteiger partial charge in [0.25, 0.3) is 11.8 Å². The topological polar surface area (TPSA) is 130 Å². The summed E-state index contributed by atoms with van der Waals surface area (Å²) in [5.74, 6) is -1.36. The highest BCUT2D eigenvalue weighted by atomic mass is 19.1. The molecule has 0 atom stereocenters. The fourth-order valence-electron chi connectivity index (χ4n) is 4.34. The molecule has 2 heterocycles. The zero-order valence-corrected chi connectivity index (χ0v) is 24.2. The highest BCUT2D eigenvalue weighted by Crippen LogP contribution is 2.29. The average Bonchev–Trinajstić information content (AvgIpc) is 3.42. The molecule has 0 aliphatic carbocycles. The number of aliphatic hydroxyl groups excluding tert-OH is 1. The summed E-state index contributed by atoms with van der Waals surface area (Å²) in [7, 11) is 1.48. The molecule has 0 unspecified atom stereocenters. The van der Waals surface area contributed by atoms with E-state index in [1.54, 1.807) is 68.6 Å². The maximum atomic E-state index is 15.0. The Morgan fingerprint density at radius 1 is 0.955 bits per heavy atom. The SMILES string of the molecule is COc1cc(C(=O)NC(C)(C)CO)ccc1Nc1nc2ccc(-c3ccc(C(=O)NCc4ccc(F)cc4)c(F)c3)cn2n1. The molecule has 3 aromatic carbocycles. The van der Waals surface area contributed by atoms with Gasteiger partial charge in [0.05, 0.1) is 30.5 Å². The molecule has 0 aliphatic rings. The number of hydrogen-bond donors (Lipinski definition) is 4. The number of halogens is 2. The number of rotatable bonds is 10. The van der Waals surface area contributed by atoms with Crippen LogP contribution >= 0.6 is 0 Å². The second kappa shape index (κ2) is 12.5. The number of benzene rings is 3. The predicted octanol–water partition coefficient (Wildman–Crippen LogP) is 4.86. The van der Waals surface area contributed by atoms with Crippen LogP contribution in [0.1, 0.15) is 40.1 Å². The number of carbonyl (C=O) groups is 2. The number of amides is 2. The summed E-state index contributed by atoms with van der Waals surface area (Å²) in [6, 6.07) is 18.3. The second-order valence-electron chi connectivity index (χ2n) is 10.7. The molecule has 44 heavy (non-hydrogen) atoms. The summed E-state index contributed by atoms with van der Waals surface area (Å²) in [6.45, 7) is 3.34. The smallest absolute Gasteiger partial charge is 0.254 e. The lowest BCUT2D eigenvalue weighted by atomic mass is 10.0. The Kier molecular flexibility index (Phi) is 8.54. The van der Waals surface area contributed by atoms with Gasteiger partial charge in [0.2, 0.25) is 5.95 Å². The minimum absolute atomic E-state index is 0.112. The van der Waals surface area contributed by atoms with Crippen LogP contribution < -0.4 is 20.7 Å². The van der Waals surface area contributed by atoms with E-state index in [1.165, 1.54) is 35.9 Å². The van der Waals surface area contributed by atoms with E-state index in [2.05, 4.69) is 26.0 Å². The Labute approximate surface area is 251 Å². The van der Waals surface area contributed by atoms with Gasteiger partial charge < -0.3 is 25.8 Å². The molecule has 0 saturated heterocycles. The first-order chi connectivity index (χ1) is 21.0. The number of fused-ring (bicyclic) bond motifs is 1. The number of ether oxygens (including phenoxy) is 1. The van der Waals surface area contributed by atoms with Gasteiger partial charge in [-0.05, 0) is 79.6 Å². The Balaban J connectivity index is 1.30. The van der Waals surface area contributed by atoms with Gasteiger partial charge in [-0.2, -0.15) is 4.98 Å². The van der Waals surface area contributed by atoms with Crippen LogP contribution in [0.4, 0.5) is 20.4 Å². The van der Waals surface area contributed by atoms with Crippen LogP contribution in [0.15, 0.2) is 79.0 Å². The predicted molar refractivity (Wildman–Crippen MR) is 161 cm³/mol. The minimum Gasteiger partial charge on any atom is -0.495 e. The van der Waals surface area contributed by atoms with E-state index in [-0.39, 0.29) is 36.4 Å². The van der Waals surface area contributed by atoms with Crippen molar-refractivity contribution in [3.63, 3.8) is 0 Å². The van der Waals surface area contributed by atoms with E-state index in [0.29, 0.717) is 39.3 Å². The van der Waals surface area contributed by atoms with E-state index < -0.39 is 17.3 Å². The summed E-state index contributed by atoms with van der Waals surface area (Å²) in [6.07, 6.45) is 1.68. The molecular formula is C32H30F2N6O4. The highest BCUT2D eigenvalue weighted by Gasteiger charge is 2.21. The van der Waals surface area contributed by atoms with Crippen molar-refractivity contribution in [3.8, 4) is 16.9 Å². The van der Waals surface area contributed by atoms with Gasteiger partial charge in [0, 0.05) is 23.9 Å². The summed E-state index contributed by atoms with van der Waals surface area (Å²) < 4.78 is 35.1.